The second-order valence-corrected chi connectivity index (χ2v) is 5.21. The van der Waals surface area contributed by atoms with Gasteiger partial charge in [0, 0.05) is 44.0 Å². The largest absolute Gasteiger partial charge is 0.336 e. The van der Waals surface area contributed by atoms with E-state index in [0.29, 0.717) is 31.9 Å². The predicted molar refractivity (Wildman–Crippen MR) is 77.6 cm³/mol. The lowest BCUT2D eigenvalue weighted by Gasteiger charge is -2.36. The van der Waals surface area contributed by atoms with Gasteiger partial charge in [0.25, 0.3) is 5.69 Å². The lowest BCUT2D eigenvalue weighted by atomic mass is 10.2. The van der Waals surface area contributed by atoms with E-state index in [0.717, 1.165) is 0 Å². The lowest BCUT2D eigenvalue weighted by molar-refractivity contribution is -0.384. The zero-order valence-electron chi connectivity index (χ0n) is 11.7. The number of anilines is 1. The number of amides is 4. The van der Waals surface area contributed by atoms with Crippen molar-refractivity contribution in [2.45, 2.75) is 6.04 Å². The summed E-state index contributed by atoms with van der Waals surface area (Å²) in [5.74, 6) is 0. The van der Waals surface area contributed by atoms with E-state index in [1.807, 2.05) is 0 Å². The third kappa shape index (κ3) is 2.65. The number of nitro benzene ring substituents is 1. The SMILES string of the molecule is O=C(Nc1ccc([N+](=O)[O-])cc1)N1CCN2C(=O)NC[C@H]2C1. The molecule has 2 aliphatic rings. The number of benzene rings is 1. The maximum atomic E-state index is 12.2. The molecule has 0 unspecified atom stereocenters. The number of non-ortho nitro benzene ring substituents is 1. The van der Waals surface area contributed by atoms with Crippen molar-refractivity contribution < 1.29 is 14.5 Å². The van der Waals surface area contributed by atoms with Crippen LogP contribution in [0.1, 0.15) is 0 Å². The first-order valence-corrected chi connectivity index (χ1v) is 6.89. The number of urea groups is 2. The Morgan fingerprint density at radius 1 is 1.32 bits per heavy atom. The summed E-state index contributed by atoms with van der Waals surface area (Å²) in [6.07, 6.45) is 0. The highest BCUT2D eigenvalue weighted by molar-refractivity contribution is 5.89. The Balaban J connectivity index is 1.60. The molecule has 3 rings (SSSR count). The quantitative estimate of drug-likeness (QED) is 0.623. The normalized spacial score (nSPS) is 20.4. The Morgan fingerprint density at radius 2 is 2.05 bits per heavy atom. The first-order valence-electron chi connectivity index (χ1n) is 6.89. The number of nitrogens with zero attached hydrogens (tertiary/aromatic N) is 3. The van der Waals surface area contributed by atoms with Crippen molar-refractivity contribution in [2.75, 3.05) is 31.5 Å². The van der Waals surface area contributed by atoms with Crippen molar-refractivity contribution in [1.82, 2.24) is 15.1 Å². The number of fused-ring (bicyclic) bond motifs is 1. The molecule has 0 spiro atoms. The van der Waals surface area contributed by atoms with Crippen LogP contribution in [0.2, 0.25) is 0 Å². The van der Waals surface area contributed by atoms with Crippen molar-refractivity contribution in [3.63, 3.8) is 0 Å². The minimum atomic E-state index is -0.491. The third-order valence-electron chi connectivity index (χ3n) is 3.85. The van der Waals surface area contributed by atoms with Crippen LogP contribution in [-0.2, 0) is 0 Å². The summed E-state index contributed by atoms with van der Waals surface area (Å²) in [5, 5.41) is 16.0. The summed E-state index contributed by atoms with van der Waals surface area (Å²) in [6, 6.07) is 5.32. The average Bonchev–Trinajstić information content (AvgIpc) is 2.88. The molecule has 9 heteroatoms. The second kappa shape index (κ2) is 5.51. The van der Waals surface area contributed by atoms with Crippen molar-refractivity contribution in [1.29, 1.82) is 0 Å². The molecule has 1 aromatic rings. The van der Waals surface area contributed by atoms with Gasteiger partial charge in [0.2, 0.25) is 0 Å². The molecule has 2 fully saturated rings. The molecule has 0 bridgehead atoms. The van der Waals surface area contributed by atoms with Crippen LogP contribution < -0.4 is 10.6 Å². The molecule has 2 aliphatic heterocycles. The molecule has 2 heterocycles. The van der Waals surface area contributed by atoms with Gasteiger partial charge < -0.3 is 20.4 Å². The van der Waals surface area contributed by atoms with Crippen LogP contribution >= 0.6 is 0 Å². The second-order valence-electron chi connectivity index (χ2n) is 5.21. The Hall–Kier alpha value is -2.84. The van der Waals surface area contributed by atoms with E-state index in [1.54, 1.807) is 9.80 Å². The molecular weight excluding hydrogens is 290 g/mol. The van der Waals surface area contributed by atoms with Gasteiger partial charge in [-0.1, -0.05) is 0 Å². The molecule has 9 nitrogen and oxygen atoms in total. The molecule has 2 N–H and O–H groups in total. The molecule has 116 valence electrons. The Morgan fingerprint density at radius 3 is 2.73 bits per heavy atom. The zero-order chi connectivity index (χ0) is 15.7. The predicted octanol–water partition coefficient (Wildman–Crippen LogP) is 0.836. The number of hydrogen-bond acceptors (Lipinski definition) is 4. The van der Waals surface area contributed by atoms with Gasteiger partial charge in [-0.3, -0.25) is 10.1 Å². The van der Waals surface area contributed by atoms with Crippen LogP contribution in [0.3, 0.4) is 0 Å². The van der Waals surface area contributed by atoms with Gasteiger partial charge in [-0.2, -0.15) is 0 Å². The summed E-state index contributed by atoms with van der Waals surface area (Å²) < 4.78 is 0. The van der Waals surface area contributed by atoms with Crippen LogP contribution in [-0.4, -0.2) is 59.0 Å². The average molecular weight is 305 g/mol. The standard InChI is InChI=1S/C13H15N5O4/c19-12-14-7-11-8-16(5-6-17(11)12)13(20)15-9-1-3-10(4-2-9)18(21)22/h1-4,11H,5-8H2,(H,14,19)(H,15,20)/t11-/m0/s1. The van der Waals surface area contributed by atoms with Crippen molar-refractivity contribution in [2.24, 2.45) is 0 Å². The fourth-order valence-electron chi connectivity index (χ4n) is 2.66. The van der Waals surface area contributed by atoms with Gasteiger partial charge >= 0.3 is 12.1 Å². The van der Waals surface area contributed by atoms with Crippen LogP contribution in [0.15, 0.2) is 24.3 Å². The van der Waals surface area contributed by atoms with E-state index < -0.39 is 4.92 Å². The molecule has 0 radical (unpaired) electrons. The number of nitro groups is 1. The molecule has 22 heavy (non-hydrogen) atoms. The lowest BCUT2D eigenvalue weighted by Crippen LogP contribution is -2.54. The van der Waals surface area contributed by atoms with E-state index >= 15 is 0 Å². The fourth-order valence-corrected chi connectivity index (χ4v) is 2.66. The van der Waals surface area contributed by atoms with E-state index in [-0.39, 0.29) is 23.8 Å². The molecule has 1 aromatic carbocycles. The molecule has 0 aromatic heterocycles. The number of nitrogens with one attached hydrogen (secondary N) is 2. The van der Waals surface area contributed by atoms with E-state index in [9.17, 15) is 19.7 Å². The minimum Gasteiger partial charge on any atom is -0.336 e. The summed E-state index contributed by atoms with van der Waals surface area (Å²) in [7, 11) is 0. The number of carbonyl (C=O) groups excluding carboxylic acids is 2. The number of rotatable bonds is 2. The Bertz CT molecular complexity index is 617. The van der Waals surface area contributed by atoms with Crippen molar-refractivity contribution in [3.05, 3.63) is 34.4 Å². The topological polar surface area (TPSA) is 108 Å². The number of hydrogen-bond donors (Lipinski definition) is 2. The van der Waals surface area contributed by atoms with Gasteiger partial charge in [0.1, 0.15) is 0 Å². The van der Waals surface area contributed by atoms with Crippen LogP contribution in [0, 0.1) is 10.1 Å². The van der Waals surface area contributed by atoms with Gasteiger partial charge in [-0.05, 0) is 12.1 Å². The van der Waals surface area contributed by atoms with Gasteiger partial charge in [-0.25, -0.2) is 9.59 Å². The molecule has 0 saturated carbocycles. The Kier molecular flexibility index (Phi) is 3.53. The maximum Gasteiger partial charge on any atom is 0.321 e. The van der Waals surface area contributed by atoms with Crippen molar-refractivity contribution in [3.8, 4) is 0 Å². The molecule has 4 amide bonds. The third-order valence-corrected chi connectivity index (χ3v) is 3.85. The Labute approximate surface area is 126 Å². The summed E-state index contributed by atoms with van der Waals surface area (Å²) in [6.45, 7) is 1.98. The molecule has 1 atom stereocenters. The van der Waals surface area contributed by atoms with E-state index in [2.05, 4.69) is 10.6 Å². The highest BCUT2D eigenvalue weighted by Crippen LogP contribution is 2.18. The first kappa shape index (κ1) is 14.1. The van der Waals surface area contributed by atoms with E-state index in [1.165, 1.54) is 24.3 Å². The van der Waals surface area contributed by atoms with Crippen LogP contribution in [0.25, 0.3) is 0 Å². The minimum absolute atomic E-state index is 0.00357. The first-order chi connectivity index (χ1) is 10.5. The summed E-state index contributed by atoms with van der Waals surface area (Å²) >= 11 is 0. The highest BCUT2D eigenvalue weighted by atomic mass is 16.6. The van der Waals surface area contributed by atoms with Gasteiger partial charge in [-0.15, -0.1) is 0 Å². The van der Waals surface area contributed by atoms with Gasteiger partial charge in [0.15, 0.2) is 0 Å². The zero-order valence-corrected chi connectivity index (χ0v) is 11.7. The summed E-state index contributed by atoms with van der Waals surface area (Å²) in [5.41, 5.74) is 0.473. The monoisotopic (exact) mass is 305 g/mol. The van der Waals surface area contributed by atoms with Gasteiger partial charge in [0.05, 0.1) is 11.0 Å². The van der Waals surface area contributed by atoms with Crippen LogP contribution in [0.5, 0.6) is 0 Å². The molecule has 0 aliphatic carbocycles. The smallest absolute Gasteiger partial charge is 0.321 e. The van der Waals surface area contributed by atoms with E-state index in [4.69, 9.17) is 0 Å². The summed E-state index contributed by atoms with van der Waals surface area (Å²) in [4.78, 5) is 37.2. The number of carbonyl (C=O) groups is 2. The van der Waals surface area contributed by atoms with Crippen molar-refractivity contribution >= 4 is 23.4 Å². The number of piperazine rings is 1. The molecular formula is C13H15N5O4. The fraction of sp³-hybridized carbons (Fsp3) is 0.385. The molecule has 2 saturated heterocycles. The highest BCUT2D eigenvalue weighted by Gasteiger charge is 2.36. The maximum absolute atomic E-state index is 12.2. The van der Waals surface area contributed by atoms with Crippen LogP contribution in [0.4, 0.5) is 21.0 Å².